The maximum absolute atomic E-state index is 11.7. The largest absolute Gasteiger partial charge is 0.440 e. The normalized spacial score (nSPS) is 43.0. The van der Waals surface area contributed by atoms with Crippen molar-refractivity contribution in [3.63, 3.8) is 0 Å². The molecule has 2 heterocycles. The van der Waals surface area contributed by atoms with Crippen LogP contribution in [-0.2, 0) is 23.7 Å². The number of ether oxygens (including phenoxy) is 5. The van der Waals surface area contributed by atoms with E-state index in [1.807, 2.05) is 0 Å². The molecule has 13 nitrogen and oxygen atoms in total. The van der Waals surface area contributed by atoms with Crippen LogP contribution < -0.4 is 5.32 Å². The van der Waals surface area contributed by atoms with Gasteiger partial charge in [-0.25, -0.2) is 4.79 Å². The van der Waals surface area contributed by atoms with Crippen LogP contribution in [0, 0.1) is 11.8 Å². The molecule has 1 aliphatic carbocycles. The van der Waals surface area contributed by atoms with Gasteiger partial charge >= 0.3 is 6.09 Å². The molecule has 3 aliphatic rings. The molecule has 210 valence electrons. The molecule has 2 aliphatic heterocycles. The molecule has 0 spiro atoms. The number of nitrogens with one attached hydrogen (secondary N) is 1. The van der Waals surface area contributed by atoms with Crippen molar-refractivity contribution in [3.05, 3.63) is 0 Å². The Morgan fingerprint density at radius 1 is 0.917 bits per heavy atom. The van der Waals surface area contributed by atoms with E-state index < -0.39 is 73.9 Å². The fourth-order valence-corrected chi connectivity index (χ4v) is 5.18. The Morgan fingerprint density at radius 3 is 2.25 bits per heavy atom. The minimum absolute atomic E-state index is 0.0128. The van der Waals surface area contributed by atoms with Gasteiger partial charge in [-0.1, -0.05) is 0 Å². The highest BCUT2D eigenvalue weighted by Gasteiger charge is 2.51. The monoisotopic (exact) mass is 523 g/mol. The zero-order valence-electron chi connectivity index (χ0n) is 20.7. The van der Waals surface area contributed by atoms with E-state index in [9.17, 15) is 30.3 Å². The molecule has 0 radical (unpaired) electrons. The number of hydrogen-bond donors (Lipinski definition) is 7. The highest BCUT2D eigenvalue weighted by Crippen LogP contribution is 2.42. The summed E-state index contributed by atoms with van der Waals surface area (Å²) in [5, 5.41) is 63.2. The van der Waals surface area contributed by atoms with Gasteiger partial charge in [0.05, 0.1) is 32.0 Å². The first kappa shape index (κ1) is 29.4. The predicted molar refractivity (Wildman–Crippen MR) is 122 cm³/mol. The predicted octanol–water partition coefficient (Wildman–Crippen LogP) is -2.14. The van der Waals surface area contributed by atoms with Crippen molar-refractivity contribution in [2.45, 2.75) is 93.8 Å². The van der Waals surface area contributed by atoms with Crippen LogP contribution in [0.1, 0.15) is 32.6 Å². The lowest BCUT2D eigenvalue weighted by Gasteiger charge is -2.48. The maximum atomic E-state index is 11.7. The van der Waals surface area contributed by atoms with Crippen molar-refractivity contribution < 1.29 is 59.1 Å². The second-order valence-corrected chi connectivity index (χ2v) is 9.75. The van der Waals surface area contributed by atoms with Crippen LogP contribution in [0.4, 0.5) is 4.79 Å². The molecule has 1 saturated carbocycles. The summed E-state index contributed by atoms with van der Waals surface area (Å²) in [6.07, 6.45) is -9.81. The first-order chi connectivity index (χ1) is 17.2. The van der Waals surface area contributed by atoms with E-state index in [1.54, 1.807) is 6.92 Å². The Hall–Kier alpha value is -1.13. The van der Waals surface area contributed by atoms with Crippen molar-refractivity contribution in [1.82, 2.24) is 5.32 Å². The average Bonchev–Trinajstić information content (AvgIpc) is 2.85. The summed E-state index contributed by atoms with van der Waals surface area (Å²) in [6.45, 7) is 1.88. The quantitative estimate of drug-likeness (QED) is 0.145. The summed E-state index contributed by atoms with van der Waals surface area (Å²) in [6, 6.07) is 0. The number of carbonyl (C=O) groups is 1. The molecule has 7 N–H and O–H groups in total. The van der Waals surface area contributed by atoms with E-state index in [0.29, 0.717) is 31.5 Å². The summed E-state index contributed by atoms with van der Waals surface area (Å²) in [5.74, 6) is 0.739. The van der Waals surface area contributed by atoms with Crippen molar-refractivity contribution in [2.75, 3.05) is 33.5 Å². The zero-order chi connectivity index (χ0) is 26.4. The second kappa shape index (κ2) is 13.6. The molecule has 3 rings (SSSR count). The van der Waals surface area contributed by atoms with Gasteiger partial charge in [0, 0.05) is 13.7 Å². The van der Waals surface area contributed by atoms with Crippen LogP contribution in [0.15, 0.2) is 0 Å². The lowest BCUT2D eigenvalue weighted by Crippen LogP contribution is -2.64. The van der Waals surface area contributed by atoms with Gasteiger partial charge in [0.15, 0.2) is 12.4 Å². The lowest BCUT2D eigenvalue weighted by molar-refractivity contribution is -0.339. The molecule has 3 unspecified atom stereocenters. The highest BCUT2D eigenvalue weighted by atomic mass is 16.7. The number of amides is 1. The van der Waals surface area contributed by atoms with Crippen LogP contribution in [0.2, 0.25) is 0 Å². The van der Waals surface area contributed by atoms with Gasteiger partial charge in [-0.15, -0.1) is 0 Å². The number of aliphatic hydroxyl groups excluding tert-OH is 6. The topological polar surface area (TPSA) is 197 Å². The van der Waals surface area contributed by atoms with Crippen molar-refractivity contribution in [1.29, 1.82) is 0 Å². The van der Waals surface area contributed by atoms with Crippen molar-refractivity contribution in [2.24, 2.45) is 11.8 Å². The van der Waals surface area contributed by atoms with Crippen molar-refractivity contribution in [3.8, 4) is 0 Å². The fraction of sp³-hybridized carbons (Fsp3) is 0.957. The summed E-state index contributed by atoms with van der Waals surface area (Å²) in [5.41, 5.74) is 0. The highest BCUT2D eigenvalue weighted by molar-refractivity contribution is 5.67. The molecular weight excluding hydrogens is 482 g/mol. The molecular formula is C23H41NO12. The molecule has 0 aromatic rings. The Bertz CT molecular complexity index is 685. The third kappa shape index (κ3) is 6.84. The Kier molecular flexibility index (Phi) is 11.1. The van der Waals surface area contributed by atoms with E-state index in [-0.39, 0.29) is 6.61 Å². The number of hydrogen-bond acceptors (Lipinski definition) is 12. The zero-order valence-corrected chi connectivity index (χ0v) is 20.7. The van der Waals surface area contributed by atoms with Gasteiger partial charge in [0.2, 0.25) is 0 Å². The molecule has 36 heavy (non-hydrogen) atoms. The molecule has 2 saturated heterocycles. The van der Waals surface area contributed by atoms with Gasteiger partial charge in [-0.3, -0.25) is 0 Å². The standard InChI is InChI=1S/C23H41NO12/c1-11-20(35-22-19(30)21(36-23(31)24-2)17(28)15(10-26)34-22)18(29)16(27)14(33-11)9-13-4-3-12(13)5-7-32-8-6-25/h11-22,25-30H,3-10H2,1-2H3,(H,24,31)/t11?,12?,13?,14-,15+,16+,17+,18-,19-,20+,21-,22+/m0/s1. The average molecular weight is 524 g/mol. The molecule has 0 aromatic carbocycles. The number of aliphatic hydroxyl groups is 6. The lowest BCUT2D eigenvalue weighted by atomic mass is 9.68. The molecule has 1 amide bonds. The number of alkyl carbamates (subject to hydrolysis) is 1. The number of carbonyl (C=O) groups excluding carboxylic acids is 1. The second-order valence-electron chi connectivity index (χ2n) is 9.75. The summed E-state index contributed by atoms with van der Waals surface area (Å²) in [7, 11) is 1.31. The van der Waals surface area contributed by atoms with Gasteiger partial charge in [-0.05, 0) is 44.4 Å². The van der Waals surface area contributed by atoms with E-state index in [1.165, 1.54) is 7.05 Å². The minimum Gasteiger partial charge on any atom is -0.440 e. The van der Waals surface area contributed by atoms with Crippen LogP contribution in [0.25, 0.3) is 0 Å². The maximum Gasteiger partial charge on any atom is 0.407 e. The van der Waals surface area contributed by atoms with E-state index >= 15 is 0 Å². The molecule has 13 heteroatoms. The third-order valence-electron chi connectivity index (χ3n) is 7.46. The van der Waals surface area contributed by atoms with E-state index in [0.717, 1.165) is 19.3 Å². The molecule has 0 bridgehead atoms. The van der Waals surface area contributed by atoms with E-state index in [2.05, 4.69) is 5.32 Å². The van der Waals surface area contributed by atoms with Crippen LogP contribution in [-0.4, -0.2) is 131 Å². The van der Waals surface area contributed by atoms with Crippen LogP contribution in [0.5, 0.6) is 0 Å². The summed E-state index contributed by atoms with van der Waals surface area (Å²) in [4.78, 5) is 11.7. The Balaban J connectivity index is 1.58. The smallest absolute Gasteiger partial charge is 0.407 e. The Morgan fingerprint density at radius 2 is 1.64 bits per heavy atom. The van der Waals surface area contributed by atoms with Gasteiger partial charge < -0.3 is 59.6 Å². The fourth-order valence-electron chi connectivity index (χ4n) is 5.18. The Labute approximate surface area is 210 Å². The summed E-state index contributed by atoms with van der Waals surface area (Å²) < 4.78 is 27.6. The summed E-state index contributed by atoms with van der Waals surface area (Å²) >= 11 is 0. The van der Waals surface area contributed by atoms with Gasteiger partial charge in [-0.2, -0.15) is 0 Å². The SMILES string of the molecule is CNC(=O)O[C@@H]1[C@H](O)[C@@H](O[C@@H]2C(C)O[C@@H](CC3CCC3CCOCCO)[C@@H](O)[C@@H]2O)O[C@H](CO)[C@H]1O. The van der Waals surface area contributed by atoms with Crippen molar-refractivity contribution >= 4 is 6.09 Å². The minimum atomic E-state index is -1.64. The van der Waals surface area contributed by atoms with Gasteiger partial charge in [0.25, 0.3) is 0 Å². The molecule has 12 atom stereocenters. The van der Waals surface area contributed by atoms with Gasteiger partial charge in [0.1, 0.15) is 36.6 Å². The molecule has 3 fully saturated rings. The third-order valence-corrected chi connectivity index (χ3v) is 7.46. The number of rotatable bonds is 11. The first-order valence-corrected chi connectivity index (χ1v) is 12.6. The van der Waals surface area contributed by atoms with Crippen LogP contribution in [0.3, 0.4) is 0 Å². The first-order valence-electron chi connectivity index (χ1n) is 12.6. The molecule has 0 aromatic heterocycles. The van der Waals surface area contributed by atoms with E-state index in [4.69, 9.17) is 28.8 Å². The van der Waals surface area contributed by atoms with Crippen LogP contribution >= 0.6 is 0 Å².